The van der Waals surface area contributed by atoms with Gasteiger partial charge in [-0.2, -0.15) is 5.26 Å². The predicted octanol–water partition coefficient (Wildman–Crippen LogP) is 3.27. The fourth-order valence-corrected chi connectivity index (χ4v) is 3.07. The number of anilines is 1. The van der Waals surface area contributed by atoms with Crippen LogP contribution in [0.5, 0.6) is 0 Å². The van der Waals surface area contributed by atoms with Crippen molar-refractivity contribution < 1.29 is 9.59 Å². The summed E-state index contributed by atoms with van der Waals surface area (Å²) in [5.74, 6) is -0.578. The summed E-state index contributed by atoms with van der Waals surface area (Å²) in [6.45, 7) is 0. The summed E-state index contributed by atoms with van der Waals surface area (Å²) >= 11 is 0. The van der Waals surface area contributed by atoms with Crippen molar-refractivity contribution in [1.29, 1.82) is 5.26 Å². The molecule has 1 aliphatic rings. The Morgan fingerprint density at radius 1 is 1.04 bits per heavy atom. The third-order valence-electron chi connectivity index (χ3n) is 4.45. The van der Waals surface area contributed by atoms with Crippen LogP contribution in [-0.2, 0) is 0 Å². The molecule has 0 unspecified atom stereocenters. The van der Waals surface area contributed by atoms with Crippen molar-refractivity contribution in [3.63, 3.8) is 0 Å². The van der Waals surface area contributed by atoms with E-state index < -0.39 is 0 Å². The first-order valence-corrected chi connectivity index (χ1v) is 8.73. The lowest BCUT2D eigenvalue weighted by Crippen LogP contribution is -2.36. The van der Waals surface area contributed by atoms with Gasteiger partial charge in [-0.25, -0.2) is 0 Å². The van der Waals surface area contributed by atoms with E-state index in [1.165, 1.54) is 24.9 Å². The van der Waals surface area contributed by atoms with E-state index in [0.29, 0.717) is 22.4 Å². The van der Waals surface area contributed by atoms with Gasteiger partial charge in [0.2, 0.25) is 0 Å². The van der Waals surface area contributed by atoms with E-state index >= 15 is 0 Å². The minimum Gasteiger partial charge on any atom is -0.349 e. The molecule has 0 saturated heterocycles. The summed E-state index contributed by atoms with van der Waals surface area (Å²) in [4.78, 5) is 28.8. The lowest BCUT2D eigenvalue weighted by Gasteiger charge is -2.22. The van der Waals surface area contributed by atoms with Crippen LogP contribution in [0.15, 0.2) is 42.7 Å². The first-order chi connectivity index (χ1) is 12.7. The molecule has 1 heterocycles. The molecule has 6 nitrogen and oxygen atoms in total. The number of hydrogen-bond donors (Lipinski definition) is 2. The van der Waals surface area contributed by atoms with Crippen molar-refractivity contribution in [2.75, 3.05) is 5.32 Å². The molecule has 6 heteroatoms. The molecule has 1 aromatic carbocycles. The molecule has 1 fully saturated rings. The molecule has 26 heavy (non-hydrogen) atoms. The second-order valence-corrected chi connectivity index (χ2v) is 6.42. The number of amides is 2. The number of rotatable bonds is 4. The molecule has 3 rings (SSSR count). The van der Waals surface area contributed by atoms with Gasteiger partial charge < -0.3 is 10.6 Å². The van der Waals surface area contributed by atoms with Gasteiger partial charge in [-0.3, -0.25) is 14.6 Å². The van der Waals surface area contributed by atoms with Crippen LogP contribution in [0.25, 0.3) is 0 Å². The van der Waals surface area contributed by atoms with Gasteiger partial charge in [-0.1, -0.05) is 25.3 Å². The minimum absolute atomic E-state index is 0.197. The Balaban J connectivity index is 1.68. The third-order valence-corrected chi connectivity index (χ3v) is 4.45. The van der Waals surface area contributed by atoms with Gasteiger partial charge in [-0.15, -0.1) is 0 Å². The number of nitriles is 1. The van der Waals surface area contributed by atoms with Crippen LogP contribution in [-0.4, -0.2) is 22.8 Å². The van der Waals surface area contributed by atoms with Crippen LogP contribution >= 0.6 is 0 Å². The summed E-state index contributed by atoms with van der Waals surface area (Å²) in [6.07, 6.45) is 8.35. The summed E-state index contributed by atoms with van der Waals surface area (Å²) in [6, 6.07) is 10.4. The van der Waals surface area contributed by atoms with Gasteiger partial charge in [0.1, 0.15) is 0 Å². The standard InChI is InChI=1S/C20H20N4O2/c21-11-14-5-4-8-18(9-14)24-20(26)16-10-15(12-22-13-16)19(25)23-17-6-2-1-3-7-17/h4-5,8-10,12-13,17H,1-3,6-7H2,(H,23,25)(H,24,26). The summed E-state index contributed by atoms with van der Waals surface area (Å²) in [5, 5.41) is 14.7. The first-order valence-electron chi connectivity index (χ1n) is 8.73. The van der Waals surface area contributed by atoms with Crippen molar-refractivity contribution in [1.82, 2.24) is 10.3 Å². The smallest absolute Gasteiger partial charge is 0.257 e. The van der Waals surface area contributed by atoms with E-state index in [1.54, 1.807) is 24.3 Å². The number of pyridine rings is 1. The quantitative estimate of drug-likeness (QED) is 0.886. The second-order valence-electron chi connectivity index (χ2n) is 6.42. The van der Waals surface area contributed by atoms with E-state index in [1.807, 2.05) is 6.07 Å². The Kier molecular flexibility index (Phi) is 5.59. The number of hydrogen-bond acceptors (Lipinski definition) is 4. The van der Waals surface area contributed by atoms with E-state index in [2.05, 4.69) is 15.6 Å². The summed E-state index contributed by atoms with van der Waals surface area (Å²) in [7, 11) is 0. The maximum atomic E-state index is 12.4. The number of aromatic nitrogens is 1. The number of carbonyl (C=O) groups is 2. The zero-order valence-corrected chi connectivity index (χ0v) is 14.4. The molecule has 0 radical (unpaired) electrons. The van der Waals surface area contributed by atoms with Crippen molar-refractivity contribution in [3.8, 4) is 6.07 Å². The fraction of sp³-hybridized carbons (Fsp3) is 0.300. The Labute approximate surface area is 152 Å². The van der Waals surface area contributed by atoms with Crippen LogP contribution in [0.3, 0.4) is 0 Å². The molecule has 2 amide bonds. The zero-order chi connectivity index (χ0) is 18.4. The van der Waals surface area contributed by atoms with Gasteiger partial charge >= 0.3 is 0 Å². The van der Waals surface area contributed by atoms with E-state index in [4.69, 9.17) is 5.26 Å². The molecular formula is C20H20N4O2. The van der Waals surface area contributed by atoms with Gasteiger partial charge in [0.15, 0.2) is 0 Å². The maximum Gasteiger partial charge on any atom is 0.257 e. The van der Waals surface area contributed by atoms with E-state index in [9.17, 15) is 9.59 Å². The lowest BCUT2D eigenvalue weighted by atomic mass is 9.95. The molecule has 0 bridgehead atoms. The molecule has 0 atom stereocenters. The zero-order valence-electron chi connectivity index (χ0n) is 14.4. The highest BCUT2D eigenvalue weighted by atomic mass is 16.2. The monoisotopic (exact) mass is 348 g/mol. The number of carbonyl (C=O) groups excluding carboxylic acids is 2. The number of nitrogens with one attached hydrogen (secondary N) is 2. The second kappa shape index (κ2) is 8.26. The lowest BCUT2D eigenvalue weighted by molar-refractivity contribution is 0.0927. The first kappa shape index (κ1) is 17.6. The SMILES string of the molecule is N#Cc1cccc(NC(=O)c2cncc(C(=O)NC3CCCCC3)c2)c1. The van der Waals surface area contributed by atoms with Crippen molar-refractivity contribution in [2.24, 2.45) is 0 Å². The Hall–Kier alpha value is -3.20. The molecule has 1 aromatic heterocycles. The highest BCUT2D eigenvalue weighted by molar-refractivity contribution is 6.05. The van der Waals surface area contributed by atoms with Crippen molar-refractivity contribution >= 4 is 17.5 Å². The van der Waals surface area contributed by atoms with Gasteiger partial charge in [0.05, 0.1) is 22.8 Å². The molecule has 1 saturated carbocycles. The molecule has 2 aromatic rings. The fourth-order valence-electron chi connectivity index (χ4n) is 3.07. The average molecular weight is 348 g/mol. The molecule has 132 valence electrons. The van der Waals surface area contributed by atoms with Crippen LogP contribution in [0.1, 0.15) is 58.4 Å². The van der Waals surface area contributed by atoms with Crippen molar-refractivity contribution in [2.45, 2.75) is 38.1 Å². The van der Waals surface area contributed by atoms with Crippen LogP contribution in [0.2, 0.25) is 0 Å². The van der Waals surface area contributed by atoms with Crippen LogP contribution < -0.4 is 10.6 Å². The molecular weight excluding hydrogens is 328 g/mol. The van der Waals surface area contributed by atoms with Gasteiger partial charge in [0, 0.05) is 24.1 Å². The van der Waals surface area contributed by atoms with E-state index in [-0.39, 0.29) is 17.9 Å². The molecule has 1 aliphatic carbocycles. The largest absolute Gasteiger partial charge is 0.349 e. The topological polar surface area (TPSA) is 94.9 Å². The van der Waals surface area contributed by atoms with Crippen molar-refractivity contribution in [3.05, 3.63) is 59.4 Å². The molecule has 0 spiro atoms. The normalized spacial score (nSPS) is 14.3. The average Bonchev–Trinajstić information content (AvgIpc) is 2.69. The summed E-state index contributed by atoms with van der Waals surface area (Å²) < 4.78 is 0. The number of nitrogens with zero attached hydrogens (tertiary/aromatic N) is 2. The van der Waals surface area contributed by atoms with E-state index in [0.717, 1.165) is 25.7 Å². The number of benzene rings is 1. The highest BCUT2D eigenvalue weighted by Crippen LogP contribution is 2.18. The predicted molar refractivity (Wildman–Crippen MR) is 97.7 cm³/mol. The Bertz CT molecular complexity index is 851. The maximum absolute atomic E-state index is 12.4. The summed E-state index contributed by atoms with van der Waals surface area (Å²) in [5.41, 5.74) is 1.64. The molecule has 2 N–H and O–H groups in total. The molecule has 0 aliphatic heterocycles. The minimum atomic E-state index is -0.375. The Morgan fingerprint density at radius 2 is 1.77 bits per heavy atom. The Morgan fingerprint density at radius 3 is 2.50 bits per heavy atom. The van der Waals surface area contributed by atoms with Gasteiger partial charge in [-0.05, 0) is 37.1 Å². The highest BCUT2D eigenvalue weighted by Gasteiger charge is 2.18. The van der Waals surface area contributed by atoms with Crippen LogP contribution in [0.4, 0.5) is 5.69 Å². The van der Waals surface area contributed by atoms with Crippen LogP contribution in [0, 0.1) is 11.3 Å². The third kappa shape index (κ3) is 4.45. The van der Waals surface area contributed by atoms with Gasteiger partial charge in [0.25, 0.3) is 11.8 Å².